The minimum atomic E-state index is -0.731. The van der Waals surface area contributed by atoms with Crippen molar-refractivity contribution in [2.24, 2.45) is 0 Å². The number of rotatable bonds is 7. The number of aryl methyl sites for hydroxylation is 1. The lowest BCUT2D eigenvalue weighted by Gasteiger charge is -2.12. The van der Waals surface area contributed by atoms with Gasteiger partial charge in [0.15, 0.2) is 0 Å². The molecule has 0 saturated heterocycles. The number of carbonyl (C=O) groups is 1. The van der Waals surface area contributed by atoms with Gasteiger partial charge in [-0.2, -0.15) is 0 Å². The third kappa shape index (κ3) is 5.02. The molecule has 1 aromatic heterocycles. The number of amides is 1. The summed E-state index contributed by atoms with van der Waals surface area (Å²) in [7, 11) is 1.59. The topological polar surface area (TPSA) is 58.6 Å². The molecular formula is C16H18ClNO3S. The van der Waals surface area contributed by atoms with Crippen molar-refractivity contribution in [3.05, 3.63) is 51.2 Å². The highest BCUT2D eigenvalue weighted by molar-refractivity contribution is 7.16. The number of carbonyl (C=O) groups excluding carboxylic acids is 1. The van der Waals surface area contributed by atoms with Crippen molar-refractivity contribution in [3.8, 4) is 5.75 Å². The molecule has 2 rings (SSSR count). The summed E-state index contributed by atoms with van der Waals surface area (Å²) in [4.78, 5) is 12.9. The van der Waals surface area contributed by atoms with Crippen LogP contribution in [0.4, 0.5) is 0 Å². The zero-order chi connectivity index (χ0) is 15.9. The van der Waals surface area contributed by atoms with E-state index < -0.39 is 6.10 Å². The Kier molecular flexibility index (Phi) is 6.24. The van der Waals surface area contributed by atoms with E-state index >= 15 is 0 Å². The largest absolute Gasteiger partial charge is 0.497 e. The zero-order valence-corrected chi connectivity index (χ0v) is 13.8. The second-order valence-corrected chi connectivity index (χ2v) is 6.60. The Bertz CT molecular complexity index is 612. The quantitative estimate of drug-likeness (QED) is 0.814. The molecular weight excluding hydrogens is 322 g/mol. The Labute approximate surface area is 138 Å². The molecule has 0 aliphatic heterocycles. The first-order valence-electron chi connectivity index (χ1n) is 6.91. The predicted molar refractivity (Wildman–Crippen MR) is 88.6 cm³/mol. The van der Waals surface area contributed by atoms with Crippen LogP contribution >= 0.6 is 22.9 Å². The number of hydrogen-bond donors (Lipinski definition) is 2. The van der Waals surface area contributed by atoms with Crippen molar-refractivity contribution in [1.82, 2.24) is 5.32 Å². The molecule has 1 amide bonds. The maximum atomic E-state index is 11.8. The van der Waals surface area contributed by atoms with Gasteiger partial charge in [-0.05, 0) is 36.2 Å². The van der Waals surface area contributed by atoms with Crippen LogP contribution in [0.1, 0.15) is 23.0 Å². The number of halogens is 1. The standard InChI is InChI=1S/C16H18ClNO3S/c1-21-12-4-2-11(3-5-12)14(19)10-18-16(20)9-7-13-6-8-15(17)22-13/h2-6,8,14,19H,7,9-10H2,1H3,(H,18,20). The smallest absolute Gasteiger partial charge is 0.220 e. The molecule has 1 unspecified atom stereocenters. The summed E-state index contributed by atoms with van der Waals surface area (Å²) in [6.45, 7) is 0.191. The van der Waals surface area contributed by atoms with Crippen LogP contribution in [0.15, 0.2) is 36.4 Å². The highest BCUT2D eigenvalue weighted by Crippen LogP contribution is 2.22. The molecule has 0 aliphatic rings. The van der Waals surface area contributed by atoms with E-state index in [0.717, 1.165) is 20.5 Å². The van der Waals surface area contributed by atoms with Crippen LogP contribution in [0.5, 0.6) is 5.75 Å². The van der Waals surface area contributed by atoms with Crippen molar-refractivity contribution in [2.75, 3.05) is 13.7 Å². The summed E-state index contributed by atoms with van der Waals surface area (Å²) in [6.07, 6.45) is 0.305. The predicted octanol–water partition coefficient (Wildman–Crippen LogP) is 3.19. The van der Waals surface area contributed by atoms with Gasteiger partial charge in [0.25, 0.3) is 0 Å². The van der Waals surface area contributed by atoms with Gasteiger partial charge >= 0.3 is 0 Å². The number of thiophene rings is 1. The molecule has 2 N–H and O–H groups in total. The average Bonchev–Trinajstić information content (AvgIpc) is 2.96. The number of methoxy groups -OCH3 is 1. The van der Waals surface area contributed by atoms with E-state index in [2.05, 4.69) is 5.32 Å². The fourth-order valence-corrected chi connectivity index (χ4v) is 3.05. The van der Waals surface area contributed by atoms with Gasteiger partial charge in [-0.3, -0.25) is 4.79 Å². The molecule has 0 saturated carbocycles. The highest BCUT2D eigenvalue weighted by Gasteiger charge is 2.10. The average molecular weight is 340 g/mol. The maximum absolute atomic E-state index is 11.8. The van der Waals surface area contributed by atoms with Gasteiger partial charge in [-0.1, -0.05) is 23.7 Å². The van der Waals surface area contributed by atoms with Gasteiger partial charge in [0.2, 0.25) is 5.91 Å². The number of nitrogens with one attached hydrogen (secondary N) is 1. The second kappa shape index (κ2) is 8.17. The van der Waals surface area contributed by atoms with Gasteiger partial charge in [-0.15, -0.1) is 11.3 Å². The Morgan fingerprint density at radius 2 is 2.05 bits per heavy atom. The third-order valence-corrected chi connectivity index (χ3v) is 4.51. The van der Waals surface area contributed by atoms with Gasteiger partial charge in [0.1, 0.15) is 5.75 Å². The highest BCUT2D eigenvalue weighted by atomic mass is 35.5. The van der Waals surface area contributed by atoms with E-state index in [9.17, 15) is 9.90 Å². The van der Waals surface area contributed by atoms with Gasteiger partial charge < -0.3 is 15.2 Å². The fourth-order valence-electron chi connectivity index (χ4n) is 1.97. The van der Waals surface area contributed by atoms with Gasteiger partial charge in [-0.25, -0.2) is 0 Å². The molecule has 1 heterocycles. The van der Waals surface area contributed by atoms with Crippen LogP contribution in [0.25, 0.3) is 0 Å². The molecule has 2 aromatic rings. The van der Waals surface area contributed by atoms with Crippen LogP contribution < -0.4 is 10.1 Å². The summed E-state index contributed by atoms with van der Waals surface area (Å²) in [5.41, 5.74) is 0.742. The van der Waals surface area contributed by atoms with Gasteiger partial charge in [0, 0.05) is 17.8 Å². The number of aliphatic hydroxyl groups is 1. The summed E-state index contributed by atoms with van der Waals surface area (Å²) in [5.74, 6) is 0.645. The molecule has 4 nitrogen and oxygen atoms in total. The Hall–Kier alpha value is -1.56. The lowest BCUT2D eigenvalue weighted by atomic mass is 10.1. The van der Waals surface area contributed by atoms with Crippen molar-refractivity contribution in [3.63, 3.8) is 0 Å². The summed E-state index contributed by atoms with van der Waals surface area (Å²) >= 11 is 7.32. The SMILES string of the molecule is COc1ccc(C(O)CNC(=O)CCc2ccc(Cl)s2)cc1. The minimum absolute atomic E-state index is 0.0860. The molecule has 0 fully saturated rings. The van der Waals surface area contributed by atoms with Crippen molar-refractivity contribution in [1.29, 1.82) is 0 Å². The first-order valence-corrected chi connectivity index (χ1v) is 8.11. The van der Waals surface area contributed by atoms with Crippen LogP contribution in [0, 0.1) is 0 Å². The Morgan fingerprint density at radius 3 is 2.64 bits per heavy atom. The number of hydrogen-bond acceptors (Lipinski definition) is 4. The second-order valence-electron chi connectivity index (χ2n) is 4.80. The van der Waals surface area contributed by atoms with Crippen LogP contribution in [-0.2, 0) is 11.2 Å². The van der Waals surface area contributed by atoms with Crippen LogP contribution in [0.2, 0.25) is 4.34 Å². The van der Waals surface area contributed by atoms with E-state index in [1.165, 1.54) is 11.3 Å². The fraction of sp³-hybridized carbons (Fsp3) is 0.312. The molecule has 0 spiro atoms. The van der Waals surface area contributed by atoms with Crippen molar-refractivity contribution >= 4 is 28.8 Å². The van der Waals surface area contributed by atoms with E-state index in [0.29, 0.717) is 12.8 Å². The first-order chi connectivity index (χ1) is 10.6. The molecule has 1 atom stereocenters. The molecule has 0 radical (unpaired) electrons. The number of ether oxygens (including phenoxy) is 1. The van der Waals surface area contributed by atoms with Crippen LogP contribution in [0.3, 0.4) is 0 Å². The van der Waals surface area contributed by atoms with E-state index in [1.54, 1.807) is 31.4 Å². The van der Waals surface area contributed by atoms with Crippen molar-refractivity contribution in [2.45, 2.75) is 18.9 Å². The summed E-state index contributed by atoms with van der Waals surface area (Å²) in [6, 6.07) is 10.9. The number of aliphatic hydroxyl groups excluding tert-OH is 1. The molecule has 0 bridgehead atoms. The molecule has 6 heteroatoms. The molecule has 0 aliphatic carbocycles. The Balaban J connectivity index is 1.74. The molecule has 1 aromatic carbocycles. The van der Waals surface area contributed by atoms with E-state index in [1.807, 2.05) is 12.1 Å². The molecule has 118 valence electrons. The molecule has 22 heavy (non-hydrogen) atoms. The van der Waals surface area contributed by atoms with E-state index in [4.69, 9.17) is 16.3 Å². The normalized spacial score (nSPS) is 12.0. The minimum Gasteiger partial charge on any atom is -0.497 e. The van der Waals surface area contributed by atoms with E-state index in [-0.39, 0.29) is 12.5 Å². The first kappa shape index (κ1) is 16.8. The lowest BCUT2D eigenvalue weighted by Crippen LogP contribution is -2.28. The zero-order valence-electron chi connectivity index (χ0n) is 12.2. The maximum Gasteiger partial charge on any atom is 0.220 e. The summed E-state index contributed by atoms with van der Waals surface area (Å²) in [5, 5.41) is 12.8. The lowest BCUT2D eigenvalue weighted by molar-refractivity contribution is -0.121. The van der Waals surface area contributed by atoms with Crippen LogP contribution in [-0.4, -0.2) is 24.7 Å². The van der Waals surface area contributed by atoms with Crippen molar-refractivity contribution < 1.29 is 14.6 Å². The third-order valence-electron chi connectivity index (χ3n) is 3.22. The summed E-state index contributed by atoms with van der Waals surface area (Å²) < 4.78 is 5.79. The van der Waals surface area contributed by atoms with Gasteiger partial charge in [0.05, 0.1) is 17.6 Å². The monoisotopic (exact) mass is 339 g/mol. The Morgan fingerprint density at radius 1 is 1.32 bits per heavy atom. The number of benzene rings is 1.